The maximum Gasteiger partial charge on any atom is 0.135 e. The molecule has 0 atom stereocenters. The molecule has 1 heterocycles. The fraction of sp³-hybridized carbons (Fsp3) is 0.111. The molecular weight excluding hydrogens is 322 g/mol. The van der Waals surface area contributed by atoms with E-state index in [-0.39, 0.29) is 0 Å². The second-order valence-corrected chi connectivity index (χ2v) is 6.01. The standard InChI is InChI=1S/C18H18ClN5/c1-11-7-15(20)16(8-12(11)2)24-18-9-17(21-10-22-18)23-14-5-3-13(19)4-6-14/h3-10H,20H2,1-2H3,(H2,21,22,23,24). The Morgan fingerprint density at radius 3 is 2.21 bits per heavy atom. The molecule has 0 spiro atoms. The van der Waals surface area contributed by atoms with E-state index in [1.165, 1.54) is 11.9 Å². The minimum Gasteiger partial charge on any atom is -0.397 e. The first-order valence-corrected chi connectivity index (χ1v) is 7.87. The molecule has 0 aliphatic carbocycles. The van der Waals surface area contributed by atoms with E-state index in [9.17, 15) is 0 Å². The fourth-order valence-corrected chi connectivity index (χ4v) is 2.39. The second-order valence-electron chi connectivity index (χ2n) is 5.57. The van der Waals surface area contributed by atoms with E-state index in [1.54, 1.807) is 0 Å². The molecule has 0 amide bonds. The normalized spacial score (nSPS) is 10.5. The molecule has 5 nitrogen and oxygen atoms in total. The molecule has 4 N–H and O–H groups in total. The van der Waals surface area contributed by atoms with E-state index in [2.05, 4.69) is 20.6 Å². The van der Waals surface area contributed by atoms with Crippen LogP contribution >= 0.6 is 11.6 Å². The summed E-state index contributed by atoms with van der Waals surface area (Å²) < 4.78 is 0. The van der Waals surface area contributed by atoms with Gasteiger partial charge in [-0.2, -0.15) is 0 Å². The van der Waals surface area contributed by atoms with Gasteiger partial charge in [0.25, 0.3) is 0 Å². The van der Waals surface area contributed by atoms with E-state index in [1.807, 2.05) is 56.3 Å². The number of hydrogen-bond acceptors (Lipinski definition) is 5. The molecule has 0 fully saturated rings. The number of rotatable bonds is 4. The van der Waals surface area contributed by atoms with Crippen LogP contribution in [-0.4, -0.2) is 9.97 Å². The summed E-state index contributed by atoms with van der Waals surface area (Å²) in [7, 11) is 0. The number of anilines is 5. The summed E-state index contributed by atoms with van der Waals surface area (Å²) in [4.78, 5) is 8.47. The van der Waals surface area contributed by atoms with Gasteiger partial charge in [0.1, 0.15) is 18.0 Å². The predicted molar refractivity (Wildman–Crippen MR) is 100 cm³/mol. The monoisotopic (exact) mass is 339 g/mol. The van der Waals surface area contributed by atoms with Crippen LogP contribution in [0.15, 0.2) is 48.8 Å². The van der Waals surface area contributed by atoms with Crippen molar-refractivity contribution in [2.75, 3.05) is 16.4 Å². The molecule has 3 aromatic rings. The van der Waals surface area contributed by atoms with Crippen molar-refractivity contribution in [1.29, 1.82) is 0 Å². The van der Waals surface area contributed by atoms with Gasteiger partial charge in [-0.1, -0.05) is 11.6 Å². The number of nitrogen functional groups attached to an aromatic ring is 1. The predicted octanol–water partition coefficient (Wildman–Crippen LogP) is 4.82. The lowest BCUT2D eigenvalue weighted by atomic mass is 10.1. The van der Waals surface area contributed by atoms with E-state index < -0.39 is 0 Å². The van der Waals surface area contributed by atoms with Gasteiger partial charge in [-0.25, -0.2) is 9.97 Å². The lowest BCUT2D eigenvalue weighted by Gasteiger charge is -2.12. The van der Waals surface area contributed by atoms with Gasteiger partial charge in [0.15, 0.2) is 0 Å². The van der Waals surface area contributed by atoms with Gasteiger partial charge in [-0.15, -0.1) is 0 Å². The van der Waals surface area contributed by atoms with Gasteiger partial charge in [-0.3, -0.25) is 0 Å². The lowest BCUT2D eigenvalue weighted by Crippen LogP contribution is -2.01. The first-order valence-electron chi connectivity index (χ1n) is 7.49. The molecule has 0 aliphatic rings. The van der Waals surface area contributed by atoms with E-state index in [4.69, 9.17) is 17.3 Å². The van der Waals surface area contributed by atoms with Crippen molar-refractivity contribution in [2.45, 2.75) is 13.8 Å². The third kappa shape index (κ3) is 3.75. The van der Waals surface area contributed by atoms with Crippen LogP contribution in [0.5, 0.6) is 0 Å². The summed E-state index contributed by atoms with van der Waals surface area (Å²) in [6.45, 7) is 4.09. The van der Waals surface area contributed by atoms with Gasteiger partial charge < -0.3 is 16.4 Å². The summed E-state index contributed by atoms with van der Waals surface area (Å²) >= 11 is 5.89. The molecule has 0 radical (unpaired) electrons. The molecule has 122 valence electrons. The number of nitrogens with one attached hydrogen (secondary N) is 2. The number of nitrogens with zero attached hydrogens (tertiary/aromatic N) is 2. The van der Waals surface area contributed by atoms with Crippen molar-refractivity contribution in [3.63, 3.8) is 0 Å². The van der Waals surface area contributed by atoms with Crippen LogP contribution in [-0.2, 0) is 0 Å². The minimum atomic E-state index is 0.663. The van der Waals surface area contributed by atoms with Crippen molar-refractivity contribution in [3.05, 3.63) is 64.9 Å². The Hall–Kier alpha value is -2.79. The number of hydrogen-bond donors (Lipinski definition) is 3. The topological polar surface area (TPSA) is 75.9 Å². The highest BCUT2D eigenvalue weighted by molar-refractivity contribution is 6.30. The number of benzene rings is 2. The smallest absolute Gasteiger partial charge is 0.135 e. The molecule has 3 rings (SSSR count). The Morgan fingerprint density at radius 2 is 1.50 bits per heavy atom. The number of nitrogens with two attached hydrogens (primary N) is 1. The molecule has 0 saturated heterocycles. The molecule has 0 aliphatic heterocycles. The molecule has 1 aromatic heterocycles. The van der Waals surface area contributed by atoms with Gasteiger partial charge in [0, 0.05) is 16.8 Å². The first-order chi connectivity index (χ1) is 11.5. The highest BCUT2D eigenvalue weighted by Gasteiger charge is 2.05. The van der Waals surface area contributed by atoms with E-state index in [0.717, 1.165) is 16.9 Å². The lowest BCUT2D eigenvalue weighted by molar-refractivity contribution is 1.17. The Bertz CT molecular complexity index is 862. The first kappa shape index (κ1) is 16.1. The van der Waals surface area contributed by atoms with Crippen molar-refractivity contribution in [3.8, 4) is 0 Å². The Kier molecular flexibility index (Phi) is 4.53. The Balaban J connectivity index is 1.80. The summed E-state index contributed by atoms with van der Waals surface area (Å²) in [5, 5.41) is 7.14. The highest BCUT2D eigenvalue weighted by Crippen LogP contribution is 2.26. The highest BCUT2D eigenvalue weighted by atomic mass is 35.5. The van der Waals surface area contributed by atoms with Crippen LogP contribution < -0.4 is 16.4 Å². The maximum absolute atomic E-state index is 6.08. The van der Waals surface area contributed by atoms with Crippen molar-refractivity contribution >= 4 is 40.3 Å². The summed E-state index contributed by atoms with van der Waals surface area (Å²) in [5.74, 6) is 1.34. The largest absolute Gasteiger partial charge is 0.397 e. The molecule has 6 heteroatoms. The van der Waals surface area contributed by atoms with Crippen LogP contribution in [0.25, 0.3) is 0 Å². The third-order valence-electron chi connectivity index (χ3n) is 3.71. The molecule has 0 saturated carbocycles. The number of halogens is 1. The van der Waals surface area contributed by atoms with Crippen LogP contribution in [0, 0.1) is 13.8 Å². The molecular formula is C18H18ClN5. The number of aromatic nitrogens is 2. The van der Waals surface area contributed by atoms with E-state index in [0.29, 0.717) is 22.3 Å². The van der Waals surface area contributed by atoms with Gasteiger partial charge in [0.05, 0.1) is 11.4 Å². The third-order valence-corrected chi connectivity index (χ3v) is 3.96. The average molecular weight is 340 g/mol. The van der Waals surface area contributed by atoms with E-state index >= 15 is 0 Å². The zero-order valence-corrected chi connectivity index (χ0v) is 14.2. The zero-order chi connectivity index (χ0) is 17.1. The van der Waals surface area contributed by atoms with Crippen molar-refractivity contribution in [1.82, 2.24) is 9.97 Å². The van der Waals surface area contributed by atoms with Crippen molar-refractivity contribution < 1.29 is 0 Å². The van der Waals surface area contributed by atoms with Gasteiger partial charge >= 0.3 is 0 Å². The van der Waals surface area contributed by atoms with Crippen LogP contribution in [0.1, 0.15) is 11.1 Å². The number of aryl methyl sites for hydroxylation is 2. The fourth-order valence-electron chi connectivity index (χ4n) is 2.26. The SMILES string of the molecule is Cc1cc(N)c(Nc2cc(Nc3ccc(Cl)cc3)ncn2)cc1C. The van der Waals surface area contributed by atoms with Crippen LogP contribution in [0.4, 0.5) is 28.7 Å². The average Bonchev–Trinajstić information content (AvgIpc) is 2.55. The van der Waals surface area contributed by atoms with Crippen molar-refractivity contribution in [2.24, 2.45) is 0 Å². The van der Waals surface area contributed by atoms with Gasteiger partial charge in [0.2, 0.25) is 0 Å². The maximum atomic E-state index is 6.08. The van der Waals surface area contributed by atoms with Crippen LogP contribution in [0.3, 0.4) is 0 Å². The molecule has 0 bridgehead atoms. The summed E-state index contributed by atoms with van der Waals surface area (Å²) in [6.07, 6.45) is 1.50. The minimum absolute atomic E-state index is 0.663. The van der Waals surface area contributed by atoms with Crippen LogP contribution in [0.2, 0.25) is 5.02 Å². The second kappa shape index (κ2) is 6.76. The zero-order valence-electron chi connectivity index (χ0n) is 13.5. The van der Waals surface area contributed by atoms with Gasteiger partial charge in [-0.05, 0) is 61.4 Å². The Morgan fingerprint density at radius 1 is 0.875 bits per heavy atom. The molecule has 0 unspecified atom stereocenters. The molecule has 2 aromatic carbocycles. The Labute approximate surface area is 145 Å². The molecule has 24 heavy (non-hydrogen) atoms. The summed E-state index contributed by atoms with van der Waals surface area (Å²) in [5.41, 5.74) is 10.8. The summed E-state index contributed by atoms with van der Waals surface area (Å²) in [6, 6.07) is 13.2. The quantitative estimate of drug-likeness (QED) is 0.594.